The maximum absolute atomic E-state index is 7.89. The van der Waals surface area contributed by atoms with Crippen molar-refractivity contribution in [2.75, 3.05) is 11.2 Å². The van der Waals surface area contributed by atoms with Crippen LogP contribution in [0.4, 0.5) is 11.6 Å². The number of nitrogens with two attached hydrogens (primary N) is 1. The maximum Gasteiger partial charge on any atom is 0.220 e. The van der Waals surface area contributed by atoms with E-state index in [1.165, 1.54) is 12.4 Å². The summed E-state index contributed by atoms with van der Waals surface area (Å²) in [6.07, 6.45) is 2.75. The minimum Gasteiger partial charge on any atom is -0.368 e. The highest BCUT2D eigenvalue weighted by molar-refractivity contribution is 5.37. The van der Waals surface area contributed by atoms with Crippen molar-refractivity contribution in [2.45, 2.75) is 0 Å². The lowest BCUT2D eigenvalue weighted by Gasteiger charge is -1.97. The zero-order chi connectivity index (χ0) is 7.40. The maximum atomic E-state index is 7.89. The third kappa shape index (κ3) is 1.54. The number of nitrogen functional groups attached to an aromatic ring is 1. The predicted molar refractivity (Wildman–Crippen MR) is 33.8 cm³/mol. The van der Waals surface area contributed by atoms with E-state index in [2.05, 4.69) is 20.4 Å². The van der Waals surface area contributed by atoms with E-state index in [0.717, 1.165) is 0 Å². The first-order valence-electron chi connectivity index (χ1n) is 2.47. The van der Waals surface area contributed by atoms with Crippen LogP contribution in [0.1, 0.15) is 0 Å². The molecular weight excluding hydrogens is 136 g/mol. The van der Waals surface area contributed by atoms with Crippen molar-refractivity contribution in [1.82, 2.24) is 9.97 Å². The topological polar surface area (TPSA) is 93.3 Å². The van der Waals surface area contributed by atoms with Crippen LogP contribution in [-0.2, 0) is 4.99 Å². The van der Waals surface area contributed by atoms with Gasteiger partial charge in [0, 0.05) is 0 Å². The molecule has 0 aliphatic rings. The Morgan fingerprint density at radius 1 is 1.50 bits per heavy atom. The van der Waals surface area contributed by atoms with Crippen LogP contribution in [0, 0.1) is 0 Å². The number of nitrogens with zero attached hydrogens (tertiary/aromatic N) is 2. The lowest BCUT2D eigenvalue weighted by Crippen LogP contribution is -1.99. The molecule has 1 heterocycles. The second kappa shape index (κ2) is 2.95. The number of anilines is 2. The van der Waals surface area contributed by atoms with Gasteiger partial charge in [-0.3, -0.25) is 0 Å². The van der Waals surface area contributed by atoms with E-state index in [4.69, 9.17) is 11.0 Å². The van der Waals surface area contributed by atoms with Gasteiger partial charge in [0.05, 0.1) is 12.4 Å². The van der Waals surface area contributed by atoms with Crippen molar-refractivity contribution in [3.05, 3.63) is 12.4 Å². The lowest BCUT2D eigenvalue weighted by atomic mass is 10.6. The molecule has 6 nitrogen and oxygen atoms in total. The molecule has 0 amide bonds. The van der Waals surface area contributed by atoms with Gasteiger partial charge in [0.25, 0.3) is 0 Å². The van der Waals surface area contributed by atoms with Crippen LogP contribution in [0.2, 0.25) is 0 Å². The highest BCUT2D eigenvalue weighted by Crippen LogP contribution is 2.01. The average Bonchev–Trinajstić information content (AvgIpc) is 1.95. The predicted octanol–water partition coefficient (Wildman–Crippen LogP) is -0.125. The zero-order valence-electron chi connectivity index (χ0n) is 4.98. The Hall–Kier alpha value is -1.40. The van der Waals surface area contributed by atoms with E-state index < -0.39 is 0 Å². The molecule has 0 aliphatic heterocycles. The van der Waals surface area contributed by atoms with E-state index in [1.807, 2.05) is 0 Å². The van der Waals surface area contributed by atoms with Crippen LogP contribution in [0.5, 0.6) is 0 Å². The molecule has 0 atom stereocenters. The Morgan fingerprint density at radius 2 is 2.10 bits per heavy atom. The molecule has 0 spiro atoms. The largest absolute Gasteiger partial charge is 0.368 e. The number of rotatable bonds is 2. The molecule has 10 heavy (non-hydrogen) atoms. The first kappa shape index (κ1) is 6.72. The standard InChI is InChI=1S/C4H6N4O2/c5-4-6-1-3(2-7-4)8-10-9/h1-2,8-9H,(H2,5,6,7). The Bertz CT molecular complexity index is 199. The van der Waals surface area contributed by atoms with Gasteiger partial charge in [-0.15, -0.1) is 4.99 Å². The molecule has 4 N–H and O–H groups in total. The third-order valence-electron chi connectivity index (χ3n) is 0.835. The highest BCUT2D eigenvalue weighted by Gasteiger charge is 1.90. The molecule has 1 aromatic heterocycles. The van der Waals surface area contributed by atoms with Crippen molar-refractivity contribution < 1.29 is 10.2 Å². The van der Waals surface area contributed by atoms with Gasteiger partial charge in [-0.05, 0) is 0 Å². The van der Waals surface area contributed by atoms with Crippen LogP contribution in [-0.4, -0.2) is 15.2 Å². The molecule has 0 bridgehead atoms. The normalized spacial score (nSPS) is 9.30. The van der Waals surface area contributed by atoms with E-state index in [1.54, 1.807) is 0 Å². The van der Waals surface area contributed by atoms with Gasteiger partial charge in [0.1, 0.15) is 5.69 Å². The fourth-order valence-electron chi connectivity index (χ4n) is 0.443. The second-order valence-corrected chi connectivity index (χ2v) is 1.52. The smallest absolute Gasteiger partial charge is 0.220 e. The summed E-state index contributed by atoms with van der Waals surface area (Å²) >= 11 is 0. The Balaban J connectivity index is 2.69. The molecule has 0 fully saturated rings. The highest BCUT2D eigenvalue weighted by atomic mass is 17.2. The van der Waals surface area contributed by atoms with Gasteiger partial charge < -0.3 is 5.73 Å². The Labute approximate surface area is 56.6 Å². The van der Waals surface area contributed by atoms with Crippen molar-refractivity contribution >= 4 is 11.6 Å². The van der Waals surface area contributed by atoms with Crippen LogP contribution < -0.4 is 11.2 Å². The van der Waals surface area contributed by atoms with E-state index in [0.29, 0.717) is 5.69 Å². The minimum atomic E-state index is 0.170. The van der Waals surface area contributed by atoms with Crippen molar-refractivity contribution in [3.63, 3.8) is 0 Å². The summed E-state index contributed by atoms with van der Waals surface area (Å²) in [6.45, 7) is 0. The molecule has 6 heteroatoms. The molecule has 0 radical (unpaired) electrons. The minimum absolute atomic E-state index is 0.170. The number of aromatic nitrogens is 2. The first-order chi connectivity index (χ1) is 4.83. The van der Waals surface area contributed by atoms with Gasteiger partial charge in [0.15, 0.2) is 0 Å². The van der Waals surface area contributed by atoms with Gasteiger partial charge in [0.2, 0.25) is 5.95 Å². The van der Waals surface area contributed by atoms with Gasteiger partial charge in [-0.1, -0.05) is 0 Å². The fourth-order valence-corrected chi connectivity index (χ4v) is 0.443. The van der Waals surface area contributed by atoms with Crippen LogP contribution in [0.15, 0.2) is 12.4 Å². The average molecular weight is 142 g/mol. The monoisotopic (exact) mass is 142 g/mol. The summed E-state index contributed by atoms with van der Waals surface area (Å²) in [5, 5.41) is 7.89. The molecule has 0 aliphatic carbocycles. The number of hydrogen-bond donors (Lipinski definition) is 3. The van der Waals surface area contributed by atoms with E-state index >= 15 is 0 Å². The fraction of sp³-hybridized carbons (Fsp3) is 0. The van der Waals surface area contributed by atoms with Gasteiger partial charge in [-0.25, -0.2) is 20.7 Å². The summed E-state index contributed by atoms with van der Waals surface area (Å²) in [5.74, 6) is 0.170. The van der Waals surface area contributed by atoms with Gasteiger partial charge >= 0.3 is 0 Å². The zero-order valence-corrected chi connectivity index (χ0v) is 4.98. The molecule has 0 saturated heterocycles. The van der Waals surface area contributed by atoms with Crippen molar-refractivity contribution in [3.8, 4) is 0 Å². The SMILES string of the molecule is Nc1ncc(NOO)cn1. The molecule has 1 rings (SSSR count). The summed E-state index contributed by atoms with van der Waals surface area (Å²) in [6, 6.07) is 0. The van der Waals surface area contributed by atoms with E-state index in [-0.39, 0.29) is 5.95 Å². The number of hydrogen-bond acceptors (Lipinski definition) is 6. The van der Waals surface area contributed by atoms with Crippen LogP contribution in [0.25, 0.3) is 0 Å². The summed E-state index contributed by atoms with van der Waals surface area (Å²) in [4.78, 5) is 10.8. The Morgan fingerprint density at radius 3 is 2.60 bits per heavy atom. The molecule has 54 valence electrons. The molecule has 0 unspecified atom stereocenters. The van der Waals surface area contributed by atoms with Crippen LogP contribution in [0.3, 0.4) is 0 Å². The first-order valence-corrected chi connectivity index (χ1v) is 2.47. The Kier molecular flexibility index (Phi) is 1.98. The molecular formula is C4H6N4O2. The molecule has 0 aromatic carbocycles. The quantitative estimate of drug-likeness (QED) is 0.393. The molecule has 0 saturated carbocycles. The lowest BCUT2D eigenvalue weighted by molar-refractivity contribution is -0.215. The summed E-state index contributed by atoms with van der Waals surface area (Å²) in [7, 11) is 0. The molecule has 1 aromatic rings. The second-order valence-electron chi connectivity index (χ2n) is 1.52. The van der Waals surface area contributed by atoms with E-state index in [9.17, 15) is 0 Å². The van der Waals surface area contributed by atoms with Gasteiger partial charge in [-0.2, -0.15) is 0 Å². The van der Waals surface area contributed by atoms with Crippen LogP contribution >= 0.6 is 0 Å². The van der Waals surface area contributed by atoms with Crippen molar-refractivity contribution in [1.29, 1.82) is 0 Å². The summed E-state index contributed by atoms with van der Waals surface area (Å²) < 4.78 is 0. The summed E-state index contributed by atoms with van der Waals surface area (Å²) in [5.41, 5.74) is 7.71. The number of nitrogens with one attached hydrogen (secondary N) is 1. The third-order valence-corrected chi connectivity index (χ3v) is 0.835. The van der Waals surface area contributed by atoms with Crippen molar-refractivity contribution in [2.24, 2.45) is 0 Å².